The summed E-state index contributed by atoms with van der Waals surface area (Å²) in [6.07, 6.45) is 0.215. The summed E-state index contributed by atoms with van der Waals surface area (Å²) in [4.78, 5) is 24.5. The third-order valence-corrected chi connectivity index (χ3v) is 6.64. The minimum absolute atomic E-state index is 0.0893. The van der Waals surface area contributed by atoms with Gasteiger partial charge < -0.3 is 5.32 Å². The van der Waals surface area contributed by atoms with Crippen LogP contribution in [0.4, 0.5) is 0 Å². The molecule has 28 heavy (non-hydrogen) atoms. The number of rotatable bonds is 8. The van der Waals surface area contributed by atoms with E-state index in [-0.39, 0.29) is 35.5 Å². The molecular weight excluding hydrogens is 444 g/mol. The van der Waals surface area contributed by atoms with E-state index in [2.05, 4.69) is 21.2 Å². The Morgan fingerprint density at radius 2 is 1.57 bits per heavy atom. The van der Waals surface area contributed by atoms with Gasteiger partial charge in [0.25, 0.3) is 0 Å². The maximum atomic E-state index is 12.2. The summed E-state index contributed by atoms with van der Waals surface area (Å²) in [5, 5.41) is 2.83. The number of ketones is 1. The Balaban J connectivity index is 1.91. The number of sulfonamides is 1. The van der Waals surface area contributed by atoms with E-state index in [1.165, 1.54) is 26.2 Å². The van der Waals surface area contributed by atoms with Gasteiger partial charge in [-0.3, -0.25) is 9.59 Å². The highest BCUT2D eigenvalue weighted by Gasteiger charge is 2.18. The van der Waals surface area contributed by atoms with Crippen molar-refractivity contribution in [2.24, 2.45) is 0 Å². The molecular formula is C20H23BrN2O4S. The van der Waals surface area contributed by atoms with E-state index >= 15 is 0 Å². The van der Waals surface area contributed by atoms with E-state index in [4.69, 9.17) is 0 Å². The summed E-state index contributed by atoms with van der Waals surface area (Å²) in [6, 6.07) is 13.1. The van der Waals surface area contributed by atoms with Crippen molar-refractivity contribution < 1.29 is 18.0 Å². The highest BCUT2D eigenvalue weighted by Crippen LogP contribution is 2.18. The molecule has 6 nitrogen and oxygen atoms in total. The second-order valence-electron chi connectivity index (χ2n) is 6.58. The highest BCUT2D eigenvalue weighted by molar-refractivity contribution is 9.10. The molecule has 0 aliphatic carbocycles. The average Bonchev–Trinajstić information content (AvgIpc) is 2.66. The van der Waals surface area contributed by atoms with Crippen LogP contribution in [-0.2, 0) is 14.8 Å². The van der Waals surface area contributed by atoms with Crippen LogP contribution in [0, 0.1) is 0 Å². The first-order valence-electron chi connectivity index (χ1n) is 8.72. The molecule has 2 aromatic carbocycles. The molecule has 0 fully saturated rings. The Bertz CT molecular complexity index is 939. The van der Waals surface area contributed by atoms with Gasteiger partial charge in [-0.2, -0.15) is 0 Å². The number of Topliss-reactive ketones (excluding diaryl/α,β-unsaturated/α-hetero) is 1. The Labute approximate surface area is 174 Å². The summed E-state index contributed by atoms with van der Waals surface area (Å²) in [5.41, 5.74) is 1.35. The maximum Gasteiger partial charge on any atom is 0.242 e. The van der Waals surface area contributed by atoms with Crippen LogP contribution in [0.2, 0.25) is 0 Å². The maximum absolute atomic E-state index is 12.2. The van der Waals surface area contributed by atoms with E-state index in [1.807, 2.05) is 6.92 Å². The van der Waals surface area contributed by atoms with Crippen LogP contribution in [0.1, 0.15) is 41.7 Å². The first kappa shape index (κ1) is 22.3. The third kappa shape index (κ3) is 5.73. The van der Waals surface area contributed by atoms with E-state index < -0.39 is 10.0 Å². The molecule has 2 aromatic rings. The molecule has 2 rings (SSSR count). The van der Waals surface area contributed by atoms with Gasteiger partial charge in [0.15, 0.2) is 5.78 Å². The van der Waals surface area contributed by atoms with Crippen LogP contribution in [0.5, 0.6) is 0 Å². The number of nitrogens with zero attached hydrogens (tertiary/aromatic N) is 1. The van der Waals surface area contributed by atoms with Gasteiger partial charge in [-0.15, -0.1) is 0 Å². The number of nitrogens with one attached hydrogen (secondary N) is 1. The van der Waals surface area contributed by atoms with Crippen molar-refractivity contribution >= 4 is 37.6 Å². The predicted molar refractivity (Wildman–Crippen MR) is 112 cm³/mol. The molecule has 1 N–H and O–H groups in total. The number of carbonyl (C=O) groups is 2. The minimum Gasteiger partial charge on any atom is -0.350 e. The lowest BCUT2D eigenvalue weighted by Gasteiger charge is -2.16. The van der Waals surface area contributed by atoms with Crippen LogP contribution >= 0.6 is 15.9 Å². The van der Waals surface area contributed by atoms with Crippen LogP contribution in [0.25, 0.3) is 0 Å². The fourth-order valence-electron chi connectivity index (χ4n) is 2.54. The number of benzene rings is 2. The van der Waals surface area contributed by atoms with Crippen LogP contribution < -0.4 is 5.32 Å². The van der Waals surface area contributed by atoms with Crippen LogP contribution in [0.15, 0.2) is 57.9 Å². The molecule has 0 heterocycles. The zero-order valence-electron chi connectivity index (χ0n) is 16.0. The molecule has 8 heteroatoms. The molecule has 1 atom stereocenters. The highest BCUT2D eigenvalue weighted by atomic mass is 79.9. The van der Waals surface area contributed by atoms with E-state index in [9.17, 15) is 18.0 Å². The number of halogens is 1. The number of hydrogen-bond donors (Lipinski definition) is 1. The molecule has 0 radical (unpaired) electrons. The number of hydrogen-bond acceptors (Lipinski definition) is 4. The molecule has 0 aliphatic heterocycles. The lowest BCUT2D eigenvalue weighted by atomic mass is 10.1. The fourth-order valence-corrected chi connectivity index (χ4v) is 3.71. The van der Waals surface area contributed by atoms with E-state index in [0.29, 0.717) is 5.56 Å². The summed E-state index contributed by atoms with van der Waals surface area (Å²) in [6.45, 7) is 1.81. The zero-order valence-corrected chi connectivity index (χ0v) is 18.4. The molecule has 0 aromatic heterocycles. The molecule has 0 saturated heterocycles. The molecule has 1 unspecified atom stereocenters. The van der Waals surface area contributed by atoms with E-state index in [0.717, 1.165) is 14.3 Å². The Kier molecular flexibility index (Phi) is 7.51. The number of amides is 1. The van der Waals surface area contributed by atoms with Crippen molar-refractivity contribution in [3.63, 3.8) is 0 Å². The Morgan fingerprint density at radius 3 is 2.11 bits per heavy atom. The van der Waals surface area contributed by atoms with Gasteiger partial charge in [0.1, 0.15) is 0 Å². The van der Waals surface area contributed by atoms with Gasteiger partial charge in [0.2, 0.25) is 15.9 Å². The van der Waals surface area contributed by atoms with Crippen molar-refractivity contribution in [2.45, 2.75) is 30.7 Å². The Morgan fingerprint density at radius 1 is 1.00 bits per heavy atom. The summed E-state index contributed by atoms with van der Waals surface area (Å²) in [7, 11) is -0.536. The predicted octanol–water partition coefficient (Wildman–Crippen LogP) is 3.54. The first-order chi connectivity index (χ1) is 13.1. The topological polar surface area (TPSA) is 83.5 Å². The van der Waals surface area contributed by atoms with Crippen molar-refractivity contribution in [3.8, 4) is 0 Å². The average molecular weight is 467 g/mol. The van der Waals surface area contributed by atoms with Gasteiger partial charge in [0, 0.05) is 37.0 Å². The lowest BCUT2D eigenvalue weighted by molar-refractivity contribution is -0.121. The van der Waals surface area contributed by atoms with Crippen LogP contribution in [-0.4, -0.2) is 38.5 Å². The molecule has 150 valence electrons. The quantitative estimate of drug-likeness (QED) is 0.602. The van der Waals surface area contributed by atoms with Crippen molar-refractivity contribution in [1.29, 1.82) is 0 Å². The van der Waals surface area contributed by atoms with Crippen molar-refractivity contribution in [3.05, 3.63) is 64.1 Å². The molecule has 0 saturated carbocycles. The van der Waals surface area contributed by atoms with Gasteiger partial charge in [-0.25, -0.2) is 12.7 Å². The normalized spacial score (nSPS) is 12.6. The van der Waals surface area contributed by atoms with Crippen LogP contribution in [0.3, 0.4) is 0 Å². The molecule has 1 amide bonds. The van der Waals surface area contributed by atoms with Crippen molar-refractivity contribution in [1.82, 2.24) is 9.62 Å². The van der Waals surface area contributed by atoms with Gasteiger partial charge in [-0.1, -0.05) is 40.2 Å². The monoisotopic (exact) mass is 466 g/mol. The smallest absolute Gasteiger partial charge is 0.242 e. The zero-order chi connectivity index (χ0) is 20.9. The summed E-state index contributed by atoms with van der Waals surface area (Å²) >= 11 is 3.32. The summed E-state index contributed by atoms with van der Waals surface area (Å²) in [5.74, 6) is -0.323. The van der Waals surface area contributed by atoms with Crippen molar-refractivity contribution in [2.75, 3.05) is 14.1 Å². The fraction of sp³-hybridized carbons (Fsp3) is 0.300. The second kappa shape index (κ2) is 9.45. The molecule has 0 spiro atoms. The standard InChI is InChI=1S/C20H23BrN2O4S/c1-14(15-6-10-18(11-7-15)28(26,27)23(2)3)22-20(25)13-12-19(24)16-4-8-17(21)9-5-16/h4-11,14H,12-13H2,1-3H3,(H,22,25). The second-order valence-corrected chi connectivity index (χ2v) is 9.64. The molecule has 0 bridgehead atoms. The first-order valence-corrected chi connectivity index (χ1v) is 10.9. The molecule has 0 aliphatic rings. The largest absolute Gasteiger partial charge is 0.350 e. The Hall–Kier alpha value is -2.03. The summed E-state index contributed by atoms with van der Waals surface area (Å²) < 4.78 is 26.2. The minimum atomic E-state index is -3.48. The lowest BCUT2D eigenvalue weighted by Crippen LogP contribution is -2.27. The number of carbonyl (C=O) groups excluding carboxylic acids is 2. The van der Waals surface area contributed by atoms with Gasteiger partial charge >= 0.3 is 0 Å². The van der Waals surface area contributed by atoms with Gasteiger partial charge in [0.05, 0.1) is 10.9 Å². The van der Waals surface area contributed by atoms with E-state index in [1.54, 1.807) is 36.4 Å². The van der Waals surface area contributed by atoms with Gasteiger partial charge in [-0.05, 0) is 36.8 Å². The SMILES string of the molecule is CC(NC(=O)CCC(=O)c1ccc(Br)cc1)c1ccc(S(=O)(=O)N(C)C)cc1. The third-order valence-electron chi connectivity index (χ3n) is 4.28.